The van der Waals surface area contributed by atoms with Crippen LogP contribution in [0.1, 0.15) is 53.9 Å². The number of nitrogens with zero attached hydrogens (tertiary/aromatic N) is 1. The molecule has 1 aliphatic rings. The normalized spacial score (nSPS) is 28.0. The van der Waals surface area contributed by atoms with Crippen LogP contribution in [0.25, 0.3) is 0 Å². The Labute approximate surface area is 128 Å². The first-order chi connectivity index (χ1) is 9.77. The lowest BCUT2D eigenvalue weighted by atomic mass is 9.86. The quantitative estimate of drug-likeness (QED) is 0.781. The van der Waals surface area contributed by atoms with Crippen LogP contribution in [0, 0.1) is 5.92 Å². The highest BCUT2D eigenvalue weighted by Crippen LogP contribution is 2.29. The topological polar surface area (TPSA) is 58.6 Å². The summed E-state index contributed by atoms with van der Waals surface area (Å²) in [6.07, 6.45) is 2.02. The number of piperazine rings is 1. The second kappa shape index (κ2) is 7.25. The van der Waals surface area contributed by atoms with Crippen LogP contribution in [0.2, 0.25) is 0 Å². The number of methoxy groups -OCH3 is 1. The molecule has 0 aliphatic carbocycles. The first kappa shape index (κ1) is 18.0. The lowest BCUT2D eigenvalue weighted by Gasteiger charge is -2.49. The lowest BCUT2D eigenvalue weighted by Crippen LogP contribution is -2.71. The molecule has 0 spiro atoms. The van der Waals surface area contributed by atoms with E-state index in [4.69, 9.17) is 4.74 Å². The van der Waals surface area contributed by atoms with Gasteiger partial charge in [0, 0.05) is 19.8 Å². The molecule has 0 aromatic carbocycles. The van der Waals surface area contributed by atoms with E-state index >= 15 is 0 Å². The second-order valence-electron chi connectivity index (χ2n) is 6.62. The fraction of sp³-hybridized carbons (Fsp3) is 0.875. The minimum Gasteiger partial charge on any atom is -0.385 e. The molecule has 21 heavy (non-hydrogen) atoms. The van der Waals surface area contributed by atoms with Gasteiger partial charge in [0.2, 0.25) is 11.8 Å². The van der Waals surface area contributed by atoms with E-state index in [0.29, 0.717) is 25.4 Å². The van der Waals surface area contributed by atoms with Gasteiger partial charge in [0.15, 0.2) is 0 Å². The summed E-state index contributed by atoms with van der Waals surface area (Å²) in [5.41, 5.74) is -0.766. The number of carbonyl (C=O) groups excluding carboxylic acids is 2. The molecular weight excluding hydrogens is 268 g/mol. The SMILES string of the molecule is CCC1(C)C(=O)NC(CC(C)C)C(=O)N1C(C)CCOC. The van der Waals surface area contributed by atoms with Gasteiger partial charge in [0.25, 0.3) is 0 Å². The Morgan fingerprint density at radius 1 is 1.33 bits per heavy atom. The zero-order valence-corrected chi connectivity index (χ0v) is 14.2. The second-order valence-corrected chi connectivity index (χ2v) is 6.62. The van der Waals surface area contributed by atoms with Crippen LogP contribution in [-0.4, -0.2) is 48.1 Å². The number of rotatable bonds is 7. The molecule has 1 rings (SSSR count). The number of ether oxygens (including phenoxy) is 1. The summed E-state index contributed by atoms with van der Waals surface area (Å²) in [6.45, 7) is 10.5. The zero-order chi connectivity index (χ0) is 16.2. The van der Waals surface area contributed by atoms with E-state index in [0.717, 1.165) is 6.42 Å². The van der Waals surface area contributed by atoms with Crippen LogP contribution in [0.5, 0.6) is 0 Å². The van der Waals surface area contributed by atoms with Crippen molar-refractivity contribution in [3.8, 4) is 0 Å². The maximum absolute atomic E-state index is 12.9. The Morgan fingerprint density at radius 2 is 1.95 bits per heavy atom. The van der Waals surface area contributed by atoms with Crippen LogP contribution < -0.4 is 5.32 Å². The van der Waals surface area contributed by atoms with E-state index < -0.39 is 11.6 Å². The molecule has 1 saturated heterocycles. The smallest absolute Gasteiger partial charge is 0.246 e. The van der Waals surface area contributed by atoms with Crippen molar-refractivity contribution in [2.75, 3.05) is 13.7 Å². The summed E-state index contributed by atoms with van der Waals surface area (Å²) >= 11 is 0. The fourth-order valence-corrected chi connectivity index (χ4v) is 2.98. The summed E-state index contributed by atoms with van der Waals surface area (Å²) in [5, 5.41) is 2.92. The molecule has 1 fully saturated rings. The molecule has 5 nitrogen and oxygen atoms in total. The van der Waals surface area contributed by atoms with Gasteiger partial charge in [0.05, 0.1) is 0 Å². The molecule has 3 unspecified atom stereocenters. The molecule has 5 heteroatoms. The third-order valence-electron chi connectivity index (χ3n) is 4.44. The fourth-order valence-electron chi connectivity index (χ4n) is 2.98. The highest BCUT2D eigenvalue weighted by atomic mass is 16.5. The van der Waals surface area contributed by atoms with E-state index in [-0.39, 0.29) is 17.9 Å². The Balaban J connectivity index is 3.03. The van der Waals surface area contributed by atoms with Crippen molar-refractivity contribution in [3.05, 3.63) is 0 Å². The summed E-state index contributed by atoms with van der Waals surface area (Å²) < 4.78 is 5.12. The Kier molecular flexibility index (Phi) is 6.20. The number of amides is 2. The molecule has 2 amide bonds. The van der Waals surface area contributed by atoms with Crippen molar-refractivity contribution in [3.63, 3.8) is 0 Å². The van der Waals surface area contributed by atoms with Crippen molar-refractivity contribution >= 4 is 11.8 Å². The standard InChI is InChI=1S/C16H30N2O3/c1-7-16(5)15(20)17-13(10-11(2)3)14(19)18(16)12(4)8-9-21-6/h11-13H,7-10H2,1-6H3,(H,17,20). The summed E-state index contributed by atoms with van der Waals surface area (Å²) in [7, 11) is 1.65. The van der Waals surface area contributed by atoms with Gasteiger partial charge in [-0.3, -0.25) is 9.59 Å². The molecule has 0 radical (unpaired) electrons. The summed E-state index contributed by atoms with van der Waals surface area (Å²) in [4.78, 5) is 27.2. The van der Waals surface area contributed by atoms with Gasteiger partial charge < -0.3 is 15.0 Å². The van der Waals surface area contributed by atoms with Gasteiger partial charge >= 0.3 is 0 Å². The Bertz CT molecular complexity index is 384. The molecule has 1 aliphatic heterocycles. The van der Waals surface area contributed by atoms with Crippen molar-refractivity contribution < 1.29 is 14.3 Å². The van der Waals surface area contributed by atoms with Crippen LogP contribution in [0.3, 0.4) is 0 Å². The average molecular weight is 298 g/mol. The first-order valence-electron chi connectivity index (χ1n) is 7.91. The van der Waals surface area contributed by atoms with Crippen LogP contribution in [-0.2, 0) is 14.3 Å². The van der Waals surface area contributed by atoms with Crippen LogP contribution in [0.15, 0.2) is 0 Å². The van der Waals surface area contributed by atoms with Gasteiger partial charge in [0.1, 0.15) is 11.6 Å². The largest absolute Gasteiger partial charge is 0.385 e. The lowest BCUT2D eigenvalue weighted by molar-refractivity contribution is -0.160. The third kappa shape index (κ3) is 3.76. The minimum absolute atomic E-state index is 0.0110. The van der Waals surface area contributed by atoms with Gasteiger partial charge in [-0.05, 0) is 39.0 Å². The van der Waals surface area contributed by atoms with Crippen molar-refractivity contribution in [2.24, 2.45) is 5.92 Å². The highest BCUT2D eigenvalue weighted by Gasteiger charge is 2.49. The molecule has 1 N–H and O–H groups in total. The van der Waals surface area contributed by atoms with Crippen molar-refractivity contribution in [1.29, 1.82) is 0 Å². The van der Waals surface area contributed by atoms with Gasteiger partial charge in [-0.15, -0.1) is 0 Å². The Hall–Kier alpha value is -1.10. The predicted octanol–water partition coefficient (Wildman–Crippen LogP) is 1.95. The molecular formula is C16H30N2O3. The van der Waals surface area contributed by atoms with Gasteiger partial charge in [-0.1, -0.05) is 20.8 Å². The summed E-state index contributed by atoms with van der Waals surface area (Å²) in [6, 6.07) is -0.412. The van der Waals surface area contributed by atoms with Crippen molar-refractivity contribution in [1.82, 2.24) is 10.2 Å². The highest BCUT2D eigenvalue weighted by molar-refractivity contribution is 5.99. The Morgan fingerprint density at radius 3 is 2.43 bits per heavy atom. The molecule has 0 saturated carbocycles. The van der Waals surface area contributed by atoms with Gasteiger partial charge in [-0.2, -0.15) is 0 Å². The van der Waals surface area contributed by atoms with Crippen LogP contribution >= 0.6 is 0 Å². The maximum Gasteiger partial charge on any atom is 0.246 e. The average Bonchev–Trinajstić information content (AvgIpc) is 2.42. The summed E-state index contributed by atoms with van der Waals surface area (Å²) in [5.74, 6) is 0.358. The van der Waals surface area contributed by atoms with E-state index in [2.05, 4.69) is 19.2 Å². The van der Waals surface area contributed by atoms with Gasteiger partial charge in [-0.25, -0.2) is 0 Å². The van der Waals surface area contributed by atoms with Crippen LogP contribution in [0.4, 0.5) is 0 Å². The van der Waals surface area contributed by atoms with Crippen molar-refractivity contribution in [2.45, 2.75) is 71.5 Å². The monoisotopic (exact) mass is 298 g/mol. The predicted molar refractivity (Wildman–Crippen MR) is 82.9 cm³/mol. The first-order valence-corrected chi connectivity index (χ1v) is 7.91. The third-order valence-corrected chi connectivity index (χ3v) is 4.44. The minimum atomic E-state index is -0.766. The maximum atomic E-state index is 12.9. The molecule has 0 aromatic rings. The number of hydrogen-bond donors (Lipinski definition) is 1. The van der Waals surface area contributed by atoms with E-state index in [1.165, 1.54) is 0 Å². The molecule has 3 atom stereocenters. The molecule has 1 heterocycles. The number of carbonyl (C=O) groups is 2. The van der Waals surface area contributed by atoms with E-state index in [1.807, 2.05) is 20.8 Å². The zero-order valence-electron chi connectivity index (χ0n) is 14.2. The molecule has 0 aromatic heterocycles. The number of nitrogens with one attached hydrogen (secondary N) is 1. The molecule has 122 valence electrons. The molecule has 0 bridgehead atoms. The van der Waals surface area contributed by atoms with E-state index in [1.54, 1.807) is 12.0 Å². The number of hydrogen-bond acceptors (Lipinski definition) is 3. The van der Waals surface area contributed by atoms with E-state index in [9.17, 15) is 9.59 Å².